The van der Waals surface area contributed by atoms with Crippen LogP contribution in [0.15, 0.2) is 24.3 Å². The summed E-state index contributed by atoms with van der Waals surface area (Å²) < 4.78 is 5.10. The fourth-order valence-corrected chi connectivity index (χ4v) is 2.29. The number of nitrogens with zero attached hydrogens (tertiary/aromatic N) is 1. The molecule has 6 heteroatoms. The van der Waals surface area contributed by atoms with E-state index in [0.29, 0.717) is 19.5 Å². The molecule has 114 valence electrons. The summed E-state index contributed by atoms with van der Waals surface area (Å²) in [6, 6.07) is 6.95. The molecule has 1 aromatic rings. The second-order valence-electron chi connectivity index (χ2n) is 5.00. The van der Waals surface area contributed by atoms with E-state index in [9.17, 15) is 9.59 Å². The highest BCUT2D eigenvalue weighted by molar-refractivity contribution is 5.96. The SMILES string of the molecule is CCCNC(=O)N[C@@H]1CC(=O)N(c2ccc(OC)cc2)C1. The van der Waals surface area contributed by atoms with Gasteiger partial charge in [0.25, 0.3) is 0 Å². The lowest BCUT2D eigenvalue weighted by Crippen LogP contribution is -2.43. The molecule has 2 rings (SSSR count). The minimum Gasteiger partial charge on any atom is -0.497 e. The van der Waals surface area contributed by atoms with Crippen LogP contribution in [-0.2, 0) is 4.79 Å². The largest absolute Gasteiger partial charge is 0.497 e. The monoisotopic (exact) mass is 291 g/mol. The molecule has 6 nitrogen and oxygen atoms in total. The zero-order chi connectivity index (χ0) is 15.2. The Kier molecular flexibility index (Phi) is 5.03. The number of hydrogen-bond donors (Lipinski definition) is 2. The number of hydrogen-bond acceptors (Lipinski definition) is 3. The van der Waals surface area contributed by atoms with E-state index in [1.807, 2.05) is 31.2 Å². The first-order chi connectivity index (χ1) is 10.1. The van der Waals surface area contributed by atoms with Crippen LogP contribution in [0.3, 0.4) is 0 Å². The lowest BCUT2D eigenvalue weighted by Gasteiger charge is -2.17. The van der Waals surface area contributed by atoms with Crippen LogP contribution in [0.2, 0.25) is 0 Å². The van der Waals surface area contributed by atoms with E-state index >= 15 is 0 Å². The summed E-state index contributed by atoms with van der Waals surface area (Å²) in [4.78, 5) is 25.4. The minimum absolute atomic E-state index is 0.0148. The quantitative estimate of drug-likeness (QED) is 0.864. The Morgan fingerprint density at radius 2 is 2.10 bits per heavy atom. The molecule has 1 atom stereocenters. The van der Waals surface area contributed by atoms with Crippen LogP contribution in [-0.4, -0.2) is 38.2 Å². The number of urea groups is 1. The third-order valence-electron chi connectivity index (χ3n) is 3.38. The van der Waals surface area contributed by atoms with Crippen molar-refractivity contribution in [1.29, 1.82) is 0 Å². The molecule has 0 radical (unpaired) electrons. The molecule has 0 bridgehead atoms. The number of carbonyl (C=O) groups excluding carboxylic acids is 2. The Morgan fingerprint density at radius 3 is 2.71 bits per heavy atom. The normalized spacial score (nSPS) is 17.7. The Balaban J connectivity index is 1.94. The van der Waals surface area contributed by atoms with Gasteiger partial charge < -0.3 is 20.3 Å². The van der Waals surface area contributed by atoms with Crippen molar-refractivity contribution in [3.8, 4) is 5.75 Å². The van der Waals surface area contributed by atoms with Crippen molar-refractivity contribution in [1.82, 2.24) is 10.6 Å². The Morgan fingerprint density at radius 1 is 1.38 bits per heavy atom. The highest BCUT2D eigenvalue weighted by Crippen LogP contribution is 2.24. The number of ether oxygens (including phenoxy) is 1. The first-order valence-electron chi connectivity index (χ1n) is 7.12. The molecule has 3 amide bonds. The smallest absolute Gasteiger partial charge is 0.315 e. The van der Waals surface area contributed by atoms with Gasteiger partial charge in [-0.1, -0.05) is 6.92 Å². The lowest BCUT2D eigenvalue weighted by atomic mass is 10.2. The summed E-state index contributed by atoms with van der Waals surface area (Å²) in [6.07, 6.45) is 1.21. The molecule has 0 spiro atoms. The van der Waals surface area contributed by atoms with Crippen molar-refractivity contribution in [2.24, 2.45) is 0 Å². The number of methoxy groups -OCH3 is 1. The Hall–Kier alpha value is -2.24. The summed E-state index contributed by atoms with van der Waals surface area (Å²) in [7, 11) is 1.60. The van der Waals surface area contributed by atoms with E-state index in [1.54, 1.807) is 12.0 Å². The van der Waals surface area contributed by atoms with E-state index in [0.717, 1.165) is 17.9 Å². The van der Waals surface area contributed by atoms with Crippen LogP contribution in [0, 0.1) is 0 Å². The van der Waals surface area contributed by atoms with Gasteiger partial charge in [0, 0.05) is 25.2 Å². The topological polar surface area (TPSA) is 70.7 Å². The second-order valence-corrected chi connectivity index (χ2v) is 5.00. The maximum absolute atomic E-state index is 12.1. The predicted molar refractivity (Wildman–Crippen MR) is 80.6 cm³/mol. The predicted octanol–water partition coefficient (Wildman–Crippen LogP) is 1.51. The number of benzene rings is 1. The standard InChI is InChI=1S/C15H21N3O3/c1-3-8-16-15(20)17-11-9-14(19)18(10-11)12-4-6-13(21-2)7-5-12/h4-7,11H,3,8-10H2,1-2H3,(H2,16,17,20)/t11-/m1/s1. The van der Waals surface area contributed by atoms with Crippen molar-refractivity contribution in [2.45, 2.75) is 25.8 Å². The van der Waals surface area contributed by atoms with Gasteiger partial charge in [0.1, 0.15) is 5.75 Å². The third-order valence-corrected chi connectivity index (χ3v) is 3.38. The lowest BCUT2D eigenvalue weighted by molar-refractivity contribution is -0.117. The summed E-state index contributed by atoms with van der Waals surface area (Å²) >= 11 is 0. The van der Waals surface area contributed by atoms with Crippen LogP contribution < -0.4 is 20.3 Å². The van der Waals surface area contributed by atoms with E-state index in [2.05, 4.69) is 10.6 Å². The van der Waals surface area contributed by atoms with Gasteiger partial charge in [-0.25, -0.2) is 4.79 Å². The number of anilines is 1. The molecule has 1 fully saturated rings. The fourth-order valence-electron chi connectivity index (χ4n) is 2.29. The minimum atomic E-state index is -0.216. The molecule has 2 N–H and O–H groups in total. The first kappa shape index (κ1) is 15.2. The van der Waals surface area contributed by atoms with Gasteiger partial charge in [-0.15, -0.1) is 0 Å². The number of rotatable bonds is 5. The molecule has 0 unspecified atom stereocenters. The molecule has 1 aliphatic heterocycles. The van der Waals surface area contributed by atoms with Gasteiger partial charge in [0.2, 0.25) is 5.91 Å². The summed E-state index contributed by atoms with van der Waals surface area (Å²) in [6.45, 7) is 3.12. The Labute approximate surface area is 124 Å². The maximum Gasteiger partial charge on any atom is 0.315 e. The molecule has 1 aromatic carbocycles. The third kappa shape index (κ3) is 3.87. The molecule has 0 aromatic heterocycles. The summed E-state index contributed by atoms with van der Waals surface area (Å²) in [5.41, 5.74) is 0.819. The zero-order valence-electron chi connectivity index (χ0n) is 12.4. The maximum atomic E-state index is 12.1. The Bertz CT molecular complexity index is 501. The van der Waals surface area contributed by atoms with Crippen LogP contribution in [0.4, 0.5) is 10.5 Å². The van der Waals surface area contributed by atoms with Gasteiger partial charge in [-0.2, -0.15) is 0 Å². The van der Waals surface area contributed by atoms with Crippen molar-refractivity contribution in [3.05, 3.63) is 24.3 Å². The van der Waals surface area contributed by atoms with E-state index in [-0.39, 0.29) is 18.0 Å². The molecule has 1 aliphatic rings. The van der Waals surface area contributed by atoms with Crippen LogP contribution in [0.1, 0.15) is 19.8 Å². The van der Waals surface area contributed by atoms with E-state index in [1.165, 1.54) is 0 Å². The number of carbonyl (C=O) groups is 2. The van der Waals surface area contributed by atoms with Crippen molar-refractivity contribution in [2.75, 3.05) is 25.1 Å². The highest BCUT2D eigenvalue weighted by atomic mass is 16.5. The molecular weight excluding hydrogens is 270 g/mol. The fraction of sp³-hybridized carbons (Fsp3) is 0.467. The summed E-state index contributed by atoms with van der Waals surface area (Å²) in [5, 5.41) is 5.58. The molecule has 21 heavy (non-hydrogen) atoms. The highest BCUT2D eigenvalue weighted by Gasteiger charge is 2.31. The van der Waals surface area contributed by atoms with Gasteiger partial charge in [-0.3, -0.25) is 4.79 Å². The van der Waals surface area contributed by atoms with Crippen LogP contribution >= 0.6 is 0 Å². The van der Waals surface area contributed by atoms with Gasteiger partial charge in [-0.05, 0) is 30.7 Å². The molecular formula is C15H21N3O3. The summed E-state index contributed by atoms with van der Waals surface area (Å²) in [5.74, 6) is 0.764. The van der Waals surface area contributed by atoms with Crippen molar-refractivity contribution in [3.63, 3.8) is 0 Å². The van der Waals surface area contributed by atoms with Gasteiger partial charge in [0.05, 0.1) is 13.2 Å². The van der Waals surface area contributed by atoms with Crippen LogP contribution in [0.5, 0.6) is 5.75 Å². The average molecular weight is 291 g/mol. The van der Waals surface area contributed by atoms with Crippen molar-refractivity contribution >= 4 is 17.6 Å². The first-order valence-corrected chi connectivity index (χ1v) is 7.12. The average Bonchev–Trinajstić information content (AvgIpc) is 2.85. The van der Waals surface area contributed by atoms with Crippen molar-refractivity contribution < 1.29 is 14.3 Å². The van der Waals surface area contributed by atoms with Crippen LogP contribution in [0.25, 0.3) is 0 Å². The molecule has 0 saturated carbocycles. The van der Waals surface area contributed by atoms with Gasteiger partial charge in [0.15, 0.2) is 0 Å². The van der Waals surface area contributed by atoms with E-state index in [4.69, 9.17) is 4.74 Å². The second kappa shape index (κ2) is 6.97. The molecule has 0 aliphatic carbocycles. The molecule has 1 heterocycles. The molecule has 1 saturated heterocycles. The van der Waals surface area contributed by atoms with E-state index < -0.39 is 0 Å². The van der Waals surface area contributed by atoms with Gasteiger partial charge >= 0.3 is 6.03 Å². The zero-order valence-corrected chi connectivity index (χ0v) is 12.4. The number of amides is 3. The number of nitrogens with one attached hydrogen (secondary N) is 2.